The zero-order chi connectivity index (χ0) is 15.9. The number of carbonyl (C=O) groups excluding carboxylic acids is 2. The quantitative estimate of drug-likeness (QED) is 0.855. The van der Waals surface area contributed by atoms with E-state index in [-0.39, 0.29) is 11.1 Å². The molecule has 1 aromatic carbocycles. The molecular formula is C16H16N2O4. The highest BCUT2D eigenvalue weighted by Gasteiger charge is 2.17. The van der Waals surface area contributed by atoms with Crippen LogP contribution in [-0.4, -0.2) is 30.6 Å². The van der Waals surface area contributed by atoms with Crippen molar-refractivity contribution >= 4 is 17.6 Å². The smallest absolute Gasteiger partial charge is 0.345 e. The average Bonchev–Trinajstić information content (AvgIpc) is 2.55. The Balaban J connectivity index is 2.33. The van der Waals surface area contributed by atoms with Gasteiger partial charge in [-0.05, 0) is 37.3 Å². The molecule has 0 fully saturated rings. The Labute approximate surface area is 128 Å². The fourth-order valence-electron chi connectivity index (χ4n) is 1.87. The molecule has 1 N–H and O–H groups in total. The van der Waals surface area contributed by atoms with Crippen LogP contribution >= 0.6 is 0 Å². The highest BCUT2D eigenvalue weighted by molar-refractivity contribution is 6.00. The van der Waals surface area contributed by atoms with Crippen LogP contribution < -0.4 is 10.1 Å². The number of pyridine rings is 1. The standard InChI is InChI=1S/C16H16N2O4/c1-3-18-14-7-6-11(15(19)21-2)9-13(14)16(20)22-12-5-4-8-17-10-12/h4-10,18H,3H2,1-2H3. The summed E-state index contributed by atoms with van der Waals surface area (Å²) in [6, 6.07) is 7.98. The van der Waals surface area contributed by atoms with Crippen molar-refractivity contribution < 1.29 is 19.1 Å². The number of benzene rings is 1. The van der Waals surface area contributed by atoms with E-state index in [1.54, 1.807) is 30.5 Å². The number of ether oxygens (including phenoxy) is 2. The maximum atomic E-state index is 12.3. The summed E-state index contributed by atoms with van der Waals surface area (Å²) in [6.45, 7) is 2.54. The first-order valence-corrected chi connectivity index (χ1v) is 6.74. The molecule has 0 spiro atoms. The van der Waals surface area contributed by atoms with Gasteiger partial charge in [0.15, 0.2) is 0 Å². The van der Waals surface area contributed by atoms with Gasteiger partial charge in [-0.3, -0.25) is 4.98 Å². The van der Waals surface area contributed by atoms with Crippen LogP contribution in [0.2, 0.25) is 0 Å². The monoisotopic (exact) mass is 300 g/mol. The molecule has 0 atom stereocenters. The number of esters is 2. The number of nitrogens with zero attached hydrogens (tertiary/aromatic N) is 1. The van der Waals surface area contributed by atoms with Crippen LogP contribution in [-0.2, 0) is 4.74 Å². The second kappa shape index (κ2) is 7.21. The summed E-state index contributed by atoms with van der Waals surface area (Å²) in [5.74, 6) is -0.758. The second-order valence-corrected chi connectivity index (χ2v) is 4.36. The molecule has 0 saturated carbocycles. The Hall–Kier alpha value is -2.89. The van der Waals surface area contributed by atoms with Gasteiger partial charge in [0.2, 0.25) is 0 Å². The number of rotatable bonds is 5. The maximum Gasteiger partial charge on any atom is 0.345 e. The molecule has 0 aliphatic heterocycles. The highest BCUT2D eigenvalue weighted by atomic mass is 16.5. The Morgan fingerprint density at radius 2 is 2.05 bits per heavy atom. The number of methoxy groups -OCH3 is 1. The fraction of sp³-hybridized carbons (Fsp3) is 0.188. The normalized spacial score (nSPS) is 9.91. The molecule has 0 aliphatic carbocycles. The number of hydrogen-bond acceptors (Lipinski definition) is 6. The van der Waals surface area contributed by atoms with E-state index in [9.17, 15) is 9.59 Å². The van der Waals surface area contributed by atoms with E-state index < -0.39 is 11.9 Å². The van der Waals surface area contributed by atoms with Crippen molar-refractivity contribution in [1.82, 2.24) is 4.98 Å². The minimum absolute atomic E-state index is 0.258. The second-order valence-electron chi connectivity index (χ2n) is 4.36. The van der Waals surface area contributed by atoms with Crippen LogP contribution in [0.3, 0.4) is 0 Å². The molecule has 0 aliphatic rings. The Bertz CT molecular complexity index is 671. The van der Waals surface area contributed by atoms with Gasteiger partial charge in [0.1, 0.15) is 5.75 Å². The number of aromatic nitrogens is 1. The van der Waals surface area contributed by atoms with Crippen LogP contribution in [0.1, 0.15) is 27.6 Å². The van der Waals surface area contributed by atoms with Crippen molar-refractivity contribution in [3.63, 3.8) is 0 Å². The van der Waals surface area contributed by atoms with E-state index in [1.807, 2.05) is 6.92 Å². The maximum absolute atomic E-state index is 12.3. The van der Waals surface area contributed by atoms with Crippen molar-refractivity contribution in [3.8, 4) is 5.75 Å². The third-order valence-electron chi connectivity index (χ3n) is 2.87. The number of carbonyl (C=O) groups is 2. The third-order valence-corrected chi connectivity index (χ3v) is 2.87. The molecule has 6 nitrogen and oxygen atoms in total. The van der Waals surface area contributed by atoms with Crippen LogP contribution in [0, 0.1) is 0 Å². The van der Waals surface area contributed by atoms with Gasteiger partial charge in [-0.1, -0.05) is 0 Å². The van der Waals surface area contributed by atoms with Gasteiger partial charge in [0.05, 0.1) is 24.4 Å². The minimum atomic E-state index is -0.574. The van der Waals surface area contributed by atoms with Gasteiger partial charge in [-0.2, -0.15) is 0 Å². The van der Waals surface area contributed by atoms with Gasteiger partial charge >= 0.3 is 11.9 Å². The summed E-state index contributed by atoms with van der Waals surface area (Å²) in [5.41, 5.74) is 1.12. The van der Waals surface area contributed by atoms with E-state index >= 15 is 0 Å². The Kier molecular flexibility index (Phi) is 5.08. The van der Waals surface area contributed by atoms with Gasteiger partial charge in [0.25, 0.3) is 0 Å². The zero-order valence-electron chi connectivity index (χ0n) is 12.3. The highest BCUT2D eigenvalue weighted by Crippen LogP contribution is 2.20. The summed E-state index contributed by atoms with van der Waals surface area (Å²) in [4.78, 5) is 27.8. The number of nitrogens with one attached hydrogen (secondary N) is 1. The molecule has 0 saturated heterocycles. The molecule has 0 amide bonds. The molecule has 22 heavy (non-hydrogen) atoms. The van der Waals surface area contributed by atoms with Crippen LogP contribution in [0.4, 0.5) is 5.69 Å². The lowest BCUT2D eigenvalue weighted by Gasteiger charge is -2.11. The fourth-order valence-corrected chi connectivity index (χ4v) is 1.87. The number of hydrogen-bond donors (Lipinski definition) is 1. The molecule has 2 aromatic rings. The molecule has 6 heteroatoms. The van der Waals surface area contributed by atoms with E-state index in [1.165, 1.54) is 19.4 Å². The SMILES string of the molecule is CCNc1ccc(C(=O)OC)cc1C(=O)Oc1cccnc1. The first-order chi connectivity index (χ1) is 10.7. The van der Waals surface area contributed by atoms with Crippen LogP contribution in [0.15, 0.2) is 42.7 Å². The van der Waals surface area contributed by atoms with Crippen molar-refractivity contribution in [1.29, 1.82) is 0 Å². The van der Waals surface area contributed by atoms with Crippen molar-refractivity contribution in [2.75, 3.05) is 19.0 Å². The molecule has 1 heterocycles. The van der Waals surface area contributed by atoms with E-state index in [4.69, 9.17) is 4.74 Å². The van der Waals surface area contributed by atoms with Crippen LogP contribution in [0.25, 0.3) is 0 Å². The topological polar surface area (TPSA) is 77.5 Å². The lowest BCUT2D eigenvalue weighted by atomic mass is 10.1. The summed E-state index contributed by atoms with van der Waals surface area (Å²) < 4.78 is 9.93. The van der Waals surface area contributed by atoms with Gasteiger partial charge in [0, 0.05) is 18.4 Å². The van der Waals surface area contributed by atoms with Crippen molar-refractivity contribution in [2.24, 2.45) is 0 Å². The minimum Gasteiger partial charge on any atom is -0.465 e. The Morgan fingerprint density at radius 1 is 1.23 bits per heavy atom. The van der Waals surface area contributed by atoms with Gasteiger partial charge in [-0.25, -0.2) is 9.59 Å². The molecular weight excluding hydrogens is 284 g/mol. The summed E-state index contributed by atoms with van der Waals surface area (Å²) in [6.07, 6.45) is 3.02. The number of anilines is 1. The Morgan fingerprint density at radius 3 is 2.68 bits per heavy atom. The predicted molar refractivity (Wildman–Crippen MR) is 81.1 cm³/mol. The van der Waals surface area contributed by atoms with Crippen LogP contribution in [0.5, 0.6) is 5.75 Å². The predicted octanol–water partition coefficient (Wildman–Crippen LogP) is 2.52. The molecule has 114 valence electrons. The molecule has 0 unspecified atom stereocenters. The first-order valence-electron chi connectivity index (χ1n) is 6.74. The molecule has 0 radical (unpaired) electrons. The van der Waals surface area contributed by atoms with Crippen molar-refractivity contribution in [3.05, 3.63) is 53.9 Å². The zero-order valence-corrected chi connectivity index (χ0v) is 12.3. The van der Waals surface area contributed by atoms with Gasteiger partial charge in [-0.15, -0.1) is 0 Å². The van der Waals surface area contributed by atoms with E-state index in [0.717, 1.165) is 0 Å². The summed E-state index contributed by atoms with van der Waals surface area (Å²) in [7, 11) is 1.29. The van der Waals surface area contributed by atoms with E-state index in [0.29, 0.717) is 18.0 Å². The van der Waals surface area contributed by atoms with E-state index in [2.05, 4.69) is 15.0 Å². The molecule has 0 bridgehead atoms. The lowest BCUT2D eigenvalue weighted by molar-refractivity contribution is 0.0601. The van der Waals surface area contributed by atoms with Gasteiger partial charge < -0.3 is 14.8 Å². The first kappa shape index (κ1) is 15.5. The summed E-state index contributed by atoms with van der Waals surface area (Å²) >= 11 is 0. The van der Waals surface area contributed by atoms with Crippen molar-refractivity contribution in [2.45, 2.75) is 6.92 Å². The molecule has 2 rings (SSSR count). The third kappa shape index (κ3) is 3.60. The lowest BCUT2D eigenvalue weighted by Crippen LogP contribution is -2.14. The largest absolute Gasteiger partial charge is 0.465 e. The average molecular weight is 300 g/mol. The summed E-state index contributed by atoms with van der Waals surface area (Å²) in [5, 5.41) is 3.06. The molecule has 1 aromatic heterocycles.